The molecule has 2 heterocycles. The summed E-state index contributed by atoms with van der Waals surface area (Å²) in [6, 6.07) is 5.29. The molecular formula is C13H12N4O3S. The fraction of sp³-hybridized carbons (Fsp3) is 0.154. The normalized spacial score (nSPS) is 10.6. The molecule has 0 saturated carbocycles. The van der Waals surface area contributed by atoms with E-state index >= 15 is 0 Å². The lowest BCUT2D eigenvalue weighted by atomic mass is 10.2. The van der Waals surface area contributed by atoms with Gasteiger partial charge in [-0.2, -0.15) is 0 Å². The Hall–Kier alpha value is -2.61. The number of anilines is 1. The summed E-state index contributed by atoms with van der Waals surface area (Å²) < 4.78 is 10.6. The minimum Gasteiger partial charge on any atom is -0.496 e. The zero-order valence-electron chi connectivity index (χ0n) is 11.3. The van der Waals surface area contributed by atoms with Gasteiger partial charge in [-0.05, 0) is 18.2 Å². The van der Waals surface area contributed by atoms with Crippen molar-refractivity contribution in [1.29, 1.82) is 0 Å². The first-order valence-corrected chi connectivity index (χ1v) is 6.92. The van der Waals surface area contributed by atoms with Crippen molar-refractivity contribution in [2.75, 3.05) is 19.5 Å². The smallest absolute Gasteiger partial charge is 0.273 e. The summed E-state index contributed by atoms with van der Waals surface area (Å²) in [7, 11) is 3.15. The highest BCUT2D eigenvalue weighted by molar-refractivity contribution is 7.13. The number of rotatable bonds is 4. The third-order valence-corrected chi connectivity index (χ3v) is 3.59. The van der Waals surface area contributed by atoms with E-state index in [0.717, 1.165) is 5.39 Å². The minimum atomic E-state index is -0.299. The van der Waals surface area contributed by atoms with Crippen LogP contribution in [0.15, 0.2) is 23.7 Å². The van der Waals surface area contributed by atoms with E-state index in [2.05, 4.69) is 20.5 Å². The molecule has 0 spiro atoms. The Morgan fingerprint density at radius 2 is 2.05 bits per heavy atom. The van der Waals surface area contributed by atoms with Crippen LogP contribution < -0.4 is 14.8 Å². The van der Waals surface area contributed by atoms with Crippen LogP contribution in [0.4, 0.5) is 5.13 Å². The van der Waals surface area contributed by atoms with E-state index in [-0.39, 0.29) is 5.91 Å². The first-order chi connectivity index (χ1) is 10.2. The highest BCUT2D eigenvalue weighted by Crippen LogP contribution is 2.33. The molecule has 0 aliphatic heterocycles. The Kier molecular flexibility index (Phi) is 3.44. The van der Waals surface area contributed by atoms with Gasteiger partial charge in [-0.25, -0.2) is 0 Å². The van der Waals surface area contributed by atoms with Crippen molar-refractivity contribution in [1.82, 2.24) is 15.2 Å². The lowest BCUT2D eigenvalue weighted by Gasteiger charge is -2.05. The molecule has 0 atom stereocenters. The maximum Gasteiger partial charge on any atom is 0.273 e. The average Bonchev–Trinajstić information content (AvgIpc) is 3.15. The zero-order valence-corrected chi connectivity index (χ0v) is 12.2. The van der Waals surface area contributed by atoms with E-state index in [1.165, 1.54) is 11.3 Å². The van der Waals surface area contributed by atoms with Gasteiger partial charge in [0.2, 0.25) is 5.13 Å². The summed E-state index contributed by atoms with van der Waals surface area (Å²) in [5.74, 6) is 1.00. The topological polar surface area (TPSA) is 89.1 Å². The quantitative estimate of drug-likeness (QED) is 0.772. The molecule has 21 heavy (non-hydrogen) atoms. The summed E-state index contributed by atoms with van der Waals surface area (Å²) in [5.41, 5.74) is 2.65. The van der Waals surface area contributed by atoms with E-state index in [0.29, 0.717) is 27.8 Å². The lowest BCUT2D eigenvalue weighted by Crippen LogP contribution is -2.11. The first kappa shape index (κ1) is 13.4. The van der Waals surface area contributed by atoms with Crippen molar-refractivity contribution >= 4 is 33.3 Å². The molecule has 7 nitrogen and oxygen atoms in total. The summed E-state index contributed by atoms with van der Waals surface area (Å²) in [4.78, 5) is 15.2. The molecule has 0 radical (unpaired) electrons. The third kappa shape index (κ3) is 2.40. The highest BCUT2D eigenvalue weighted by atomic mass is 32.1. The number of nitrogens with one attached hydrogen (secondary N) is 2. The maximum atomic E-state index is 12.2. The lowest BCUT2D eigenvalue weighted by molar-refractivity contribution is 0.102. The molecule has 8 heteroatoms. The number of ether oxygens (including phenoxy) is 2. The second kappa shape index (κ2) is 5.41. The number of benzene rings is 1. The number of H-pyrrole nitrogens is 1. The molecule has 0 aliphatic rings. The number of fused-ring (bicyclic) bond motifs is 1. The predicted octanol–water partition coefficient (Wildman–Crippen LogP) is 2.29. The molecule has 3 aromatic rings. The SMILES string of the molecule is COc1ccc(OC)c2[nH]c(C(=O)Nc3nncs3)cc12. The molecule has 0 saturated heterocycles. The number of methoxy groups -OCH3 is 2. The number of aromatic amines is 1. The molecule has 2 N–H and O–H groups in total. The average molecular weight is 304 g/mol. The Morgan fingerprint density at radius 1 is 1.29 bits per heavy atom. The van der Waals surface area contributed by atoms with Gasteiger partial charge in [-0.15, -0.1) is 10.2 Å². The number of hydrogen-bond donors (Lipinski definition) is 2. The van der Waals surface area contributed by atoms with Crippen molar-refractivity contribution in [3.05, 3.63) is 29.4 Å². The highest BCUT2D eigenvalue weighted by Gasteiger charge is 2.16. The number of aromatic nitrogens is 3. The van der Waals surface area contributed by atoms with Crippen molar-refractivity contribution in [2.45, 2.75) is 0 Å². The first-order valence-electron chi connectivity index (χ1n) is 6.04. The third-order valence-electron chi connectivity index (χ3n) is 2.98. The van der Waals surface area contributed by atoms with Gasteiger partial charge in [-0.3, -0.25) is 10.1 Å². The Bertz CT molecular complexity index is 741. The van der Waals surface area contributed by atoms with Crippen LogP contribution in [0.25, 0.3) is 10.9 Å². The Balaban J connectivity index is 2.01. The van der Waals surface area contributed by atoms with Crippen molar-refractivity contribution < 1.29 is 14.3 Å². The summed E-state index contributed by atoms with van der Waals surface area (Å²) in [6.07, 6.45) is 0. The molecular weight excluding hydrogens is 292 g/mol. The fourth-order valence-corrected chi connectivity index (χ4v) is 2.47. The Labute approximate surface area is 123 Å². The number of amides is 1. The molecule has 1 amide bonds. The standard InChI is InChI=1S/C13H12N4O3S/c1-19-9-3-4-10(20-2)11-7(9)5-8(15-11)12(18)16-13-17-14-6-21-13/h3-6,15H,1-2H3,(H,16,17,18). The molecule has 0 bridgehead atoms. The van der Waals surface area contributed by atoms with Gasteiger partial charge >= 0.3 is 0 Å². The Morgan fingerprint density at radius 3 is 2.71 bits per heavy atom. The van der Waals surface area contributed by atoms with Crippen molar-refractivity contribution in [3.8, 4) is 11.5 Å². The van der Waals surface area contributed by atoms with E-state index in [9.17, 15) is 4.79 Å². The van der Waals surface area contributed by atoms with E-state index in [1.54, 1.807) is 37.9 Å². The summed E-state index contributed by atoms with van der Waals surface area (Å²) in [6.45, 7) is 0. The van der Waals surface area contributed by atoms with Gasteiger partial charge in [0.1, 0.15) is 22.7 Å². The van der Waals surface area contributed by atoms with Gasteiger partial charge in [0.15, 0.2) is 0 Å². The van der Waals surface area contributed by atoms with E-state index in [4.69, 9.17) is 9.47 Å². The van der Waals surface area contributed by atoms with Crippen molar-refractivity contribution in [2.24, 2.45) is 0 Å². The van der Waals surface area contributed by atoms with Gasteiger partial charge in [-0.1, -0.05) is 11.3 Å². The van der Waals surface area contributed by atoms with Gasteiger partial charge in [0.25, 0.3) is 5.91 Å². The number of hydrogen-bond acceptors (Lipinski definition) is 6. The van der Waals surface area contributed by atoms with Crippen LogP contribution in [0.2, 0.25) is 0 Å². The van der Waals surface area contributed by atoms with E-state index < -0.39 is 0 Å². The molecule has 108 valence electrons. The molecule has 0 fully saturated rings. The largest absolute Gasteiger partial charge is 0.496 e. The van der Waals surface area contributed by atoms with Gasteiger partial charge in [0, 0.05) is 5.39 Å². The summed E-state index contributed by atoms with van der Waals surface area (Å²) >= 11 is 1.25. The van der Waals surface area contributed by atoms with Crippen LogP contribution >= 0.6 is 11.3 Å². The van der Waals surface area contributed by atoms with Crippen LogP contribution in [-0.2, 0) is 0 Å². The molecule has 1 aromatic carbocycles. The summed E-state index contributed by atoms with van der Waals surface area (Å²) in [5, 5.41) is 11.3. The van der Waals surface area contributed by atoms with Gasteiger partial charge in [0.05, 0.1) is 19.7 Å². The van der Waals surface area contributed by atoms with E-state index in [1.807, 2.05) is 0 Å². The minimum absolute atomic E-state index is 0.299. The van der Waals surface area contributed by atoms with Crippen LogP contribution in [-0.4, -0.2) is 35.3 Å². The zero-order chi connectivity index (χ0) is 14.8. The molecule has 3 rings (SSSR count). The van der Waals surface area contributed by atoms with Crippen LogP contribution in [0.5, 0.6) is 11.5 Å². The fourth-order valence-electron chi connectivity index (χ4n) is 2.03. The predicted molar refractivity (Wildman–Crippen MR) is 79.3 cm³/mol. The maximum absolute atomic E-state index is 12.2. The molecule has 0 aliphatic carbocycles. The monoisotopic (exact) mass is 304 g/mol. The molecule has 0 unspecified atom stereocenters. The van der Waals surface area contributed by atoms with Gasteiger partial charge < -0.3 is 14.5 Å². The second-order valence-corrected chi connectivity index (χ2v) is 4.97. The van der Waals surface area contributed by atoms with Crippen molar-refractivity contribution in [3.63, 3.8) is 0 Å². The number of carbonyl (C=O) groups excluding carboxylic acids is 1. The van der Waals surface area contributed by atoms with Crippen LogP contribution in [0, 0.1) is 0 Å². The van der Waals surface area contributed by atoms with Crippen LogP contribution in [0.1, 0.15) is 10.5 Å². The number of carbonyl (C=O) groups is 1. The van der Waals surface area contributed by atoms with Crippen LogP contribution in [0.3, 0.4) is 0 Å². The molecule has 2 aromatic heterocycles. The second-order valence-electron chi connectivity index (χ2n) is 4.14. The number of nitrogens with zero attached hydrogens (tertiary/aromatic N) is 2.